The lowest BCUT2D eigenvalue weighted by Crippen LogP contribution is -2.19. The summed E-state index contributed by atoms with van der Waals surface area (Å²) in [6.45, 7) is 0.174. The van der Waals surface area contributed by atoms with Crippen LogP contribution < -0.4 is 0 Å². The van der Waals surface area contributed by atoms with Gasteiger partial charge in [-0.1, -0.05) is 18.2 Å². The smallest absolute Gasteiger partial charge is 0.0645 e. The lowest BCUT2D eigenvalue weighted by molar-refractivity contribution is 0.319. The molecule has 0 aliphatic heterocycles. The molecule has 1 heteroatoms. The Labute approximate surface area is 66.0 Å². The summed E-state index contributed by atoms with van der Waals surface area (Å²) in [7, 11) is 0. The number of hydrogen-bond acceptors (Lipinski definition) is 1. The highest BCUT2D eigenvalue weighted by Gasteiger charge is 2.27. The fraction of sp³-hybridized carbons (Fsp3) is 0.300. The maximum atomic E-state index is 8.89. The largest absolute Gasteiger partial charge is 0.392 e. The molecule has 0 saturated heterocycles. The summed E-state index contributed by atoms with van der Waals surface area (Å²) >= 11 is 0. The molecule has 0 unspecified atom stereocenters. The van der Waals surface area contributed by atoms with Crippen LogP contribution in [0.2, 0.25) is 0 Å². The van der Waals surface area contributed by atoms with E-state index >= 15 is 0 Å². The lowest BCUT2D eigenvalue weighted by atomic mass is 9.74. The maximum absolute atomic E-state index is 8.89. The van der Waals surface area contributed by atoms with Crippen LogP contribution in [0.5, 0.6) is 0 Å². The van der Waals surface area contributed by atoms with E-state index in [1.54, 1.807) is 0 Å². The zero-order valence-electron chi connectivity index (χ0n) is 6.25. The molecule has 0 amide bonds. The highest BCUT2D eigenvalue weighted by molar-refractivity contribution is 5.37. The average molecular weight is 146 g/mol. The van der Waals surface area contributed by atoms with Crippen molar-refractivity contribution < 1.29 is 5.11 Å². The Kier molecular flexibility index (Phi) is 1.35. The van der Waals surface area contributed by atoms with Crippen LogP contribution >= 0.6 is 0 Å². The predicted octanol–water partition coefficient (Wildman–Crippen LogP) is 1.58. The number of aliphatic hydroxyl groups excluding tert-OH is 1. The van der Waals surface area contributed by atoms with Crippen molar-refractivity contribution in [2.75, 3.05) is 6.61 Å². The first-order chi connectivity index (χ1) is 5.35. The van der Waals surface area contributed by atoms with E-state index < -0.39 is 0 Å². The molecule has 0 aromatic heterocycles. The molecule has 56 valence electrons. The average Bonchev–Trinajstić information content (AvgIpc) is 2.02. The van der Waals surface area contributed by atoms with Crippen LogP contribution in [0, 0.1) is 5.41 Å². The van der Waals surface area contributed by atoms with Gasteiger partial charge in [-0.2, -0.15) is 0 Å². The normalized spacial score (nSPS) is 23.5. The van der Waals surface area contributed by atoms with Crippen LogP contribution in [-0.2, 0) is 0 Å². The van der Waals surface area contributed by atoms with E-state index in [1.165, 1.54) is 0 Å². The third-order valence-electron chi connectivity index (χ3n) is 2.18. The van der Waals surface area contributed by atoms with Gasteiger partial charge >= 0.3 is 0 Å². The molecule has 1 nitrogen and oxygen atoms in total. The molecule has 0 aromatic carbocycles. The molecule has 0 aromatic rings. The van der Waals surface area contributed by atoms with Crippen molar-refractivity contribution in [2.45, 2.75) is 6.42 Å². The molecule has 2 aliphatic carbocycles. The first-order valence-corrected chi connectivity index (χ1v) is 3.78. The van der Waals surface area contributed by atoms with Gasteiger partial charge in [0.2, 0.25) is 0 Å². The van der Waals surface area contributed by atoms with Crippen molar-refractivity contribution in [3.05, 3.63) is 41.7 Å². The van der Waals surface area contributed by atoms with Gasteiger partial charge < -0.3 is 5.11 Å². The fourth-order valence-electron chi connectivity index (χ4n) is 1.48. The van der Waals surface area contributed by atoms with Gasteiger partial charge in [-0.15, -0.1) is 5.73 Å². The molecule has 0 heterocycles. The van der Waals surface area contributed by atoms with Gasteiger partial charge in [-0.25, -0.2) is 0 Å². The van der Waals surface area contributed by atoms with Crippen LogP contribution in [0.15, 0.2) is 41.7 Å². The van der Waals surface area contributed by atoms with E-state index in [0.717, 1.165) is 12.0 Å². The van der Waals surface area contributed by atoms with E-state index in [2.05, 4.69) is 11.8 Å². The SMILES string of the molecule is OCC1=CC=CC2(C=C=C2)C1. The van der Waals surface area contributed by atoms with E-state index in [9.17, 15) is 0 Å². The fourth-order valence-corrected chi connectivity index (χ4v) is 1.48. The summed E-state index contributed by atoms with van der Waals surface area (Å²) < 4.78 is 0. The Morgan fingerprint density at radius 1 is 1.55 bits per heavy atom. The molecule has 0 bridgehead atoms. The standard InChI is InChI=1S/C10H10O/c11-8-9-3-1-4-10(7-9)5-2-6-10/h1,3-6,11H,7-8H2. The van der Waals surface area contributed by atoms with Crippen molar-refractivity contribution in [1.82, 2.24) is 0 Å². The summed E-state index contributed by atoms with van der Waals surface area (Å²) in [6, 6.07) is 0. The zero-order valence-corrected chi connectivity index (χ0v) is 6.25. The quantitative estimate of drug-likeness (QED) is 0.557. The number of aliphatic hydroxyl groups is 1. The molecular formula is C10H10O. The third kappa shape index (κ3) is 0.988. The molecular weight excluding hydrogens is 136 g/mol. The second-order valence-corrected chi connectivity index (χ2v) is 3.09. The van der Waals surface area contributed by atoms with Crippen LogP contribution in [0.4, 0.5) is 0 Å². The van der Waals surface area contributed by atoms with Gasteiger partial charge in [0.05, 0.1) is 6.61 Å². The third-order valence-corrected chi connectivity index (χ3v) is 2.18. The van der Waals surface area contributed by atoms with Gasteiger partial charge in [-0.05, 0) is 24.1 Å². The predicted molar refractivity (Wildman–Crippen MR) is 44.0 cm³/mol. The van der Waals surface area contributed by atoms with Gasteiger partial charge in [0.25, 0.3) is 0 Å². The first kappa shape index (κ1) is 6.66. The van der Waals surface area contributed by atoms with Crippen molar-refractivity contribution >= 4 is 0 Å². The molecule has 2 aliphatic rings. The molecule has 0 saturated carbocycles. The minimum absolute atomic E-state index is 0.104. The van der Waals surface area contributed by atoms with Crippen LogP contribution in [0.3, 0.4) is 0 Å². The van der Waals surface area contributed by atoms with Gasteiger partial charge in [0.1, 0.15) is 0 Å². The summed E-state index contributed by atoms with van der Waals surface area (Å²) in [5.41, 5.74) is 4.21. The second-order valence-electron chi connectivity index (χ2n) is 3.09. The van der Waals surface area contributed by atoms with E-state index in [1.807, 2.05) is 24.3 Å². The Balaban J connectivity index is 2.18. The Hall–Kier alpha value is -1.04. The van der Waals surface area contributed by atoms with Crippen molar-refractivity contribution in [3.63, 3.8) is 0 Å². The van der Waals surface area contributed by atoms with Gasteiger partial charge in [-0.3, -0.25) is 0 Å². The number of hydrogen-bond donors (Lipinski definition) is 1. The summed E-state index contributed by atoms with van der Waals surface area (Å²) in [4.78, 5) is 0. The minimum Gasteiger partial charge on any atom is -0.392 e. The summed E-state index contributed by atoms with van der Waals surface area (Å²) in [5, 5.41) is 8.89. The molecule has 0 atom stereocenters. The highest BCUT2D eigenvalue weighted by Crippen LogP contribution is 2.37. The minimum atomic E-state index is 0.104. The highest BCUT2D eigenvalue weighted by atomic mass is 16.3. The summed E-state index contributed by atoms with van der Waals surface area (Å²) in [6.07, 6.45) is 11.1. The Morgan fingerprint density at radius 3 is 2.91 bits per heavy atom. The van der Waals surface area contributed by atoms with E-state index in [4.69, 9.17) is 5.11 Å². The zero-order chi connectivity index (χ0) is 7.73. The topological polar surface area (TPSA) is 20.2 Å². The van der Waals surface area contributed by atoms with Crippen molar-refractivity contribution in [2.24, 2.45) is 5.41 Å². The maximum Gasteiger partial charge on any atom is 0.0645 e. The lowest BCUT2D eigenvalue weighted by Gasteiger charge is -2.29. The van der Waals surface area contributed by atoms with E-state index in [0.29, 0.717) is 0 Å². The Morgan fingerprint density at radius 2 is 2.36 bits per heavy atom. The molecule has 0 radical (unpaired) electrons. The molecule has 1 spiro atoms. The number of allylic oxidation sites excluding steroid dienone is 4. The van der Waals surface area contributed by atoms with Crippen LogP contribution in [0.1, 0.15) is 6.42 Å². The molecule has 11 heavy (non-hydrogen) atoms. The Bertz CT molecular complexity index is 280. The molecule has 1 N–H and O–H groups in total. The summed E-state index contributed by atoms with van der Waals surface area (Å²) in [5.74, 6) is 0. The van der Waals surface area contributed by atoms with E-state index in [-0.39, 0.29) is 12.0 Å². The second kappa shape index (κ2) is 2.23. The molecule has 0 fully saturated rings. The monoisotopic (exact) mass is 146 g/mol. The van der Waals surface area contributed by atoms with Crippen LogP contribution in [-0.4, -0.2) is 11.7 Å². The van der Waals surface area contributed by atoms with Crippen molar-refractivity contribution in [1.29, 1.82) is 0 Å². The van der Waals surface area contributed by atoms with Crippen molar-refractivity contribution in [3.8, 4) is 0 Å². The number of rotatable bonds is 1. The first-order valence-electron chi connectivity index (χ1n) is 3.78. The van der Waals surface area contributed by atoms with Gasteiger partial charge in [0.15, 0.2) is 0 Å². The van der Waals surface area contributed by atoms with Gasteiger partial charge in [0, 0.05) is 5.41 Å². The van der Waals surface area contributed by atoms with Crippen LogP contribution in [0.25, 0.3) is 0 Å². The molecule has 2 rings (SSSR count).